The molecule has 3 saturated heterocycles. The third-order valence-corrected chi connectivity index (χ3v) is 8.34. The van der Waals surface area contributed by atoms with E-state index in [0.717, 1.165) is 11.3 Å². The molecular weight excluding hydrogens is 418 g/mol. The van der Waals surface area contributed by atoms with E-state index in [0.29, 0.717) is 38.9 Å². The van der Waals surface area contributed by atoms with Crippen molar-refractivity contribution in [2.24, 2.45) is 11.8 Å². The molecule has 3 aliphatic rings. The molecule has 0 spiro atoms. The first-order valence-corrected chi connectivity index (χ1v) is 12.7. The molecule has 9 heteroatoms. The Bertz CT molecular complexity index is 967. The van der Waals surface area contributed by atoms with Crippen LogP contribution >= 0.6 is 0 Å². The van der Waals surface area contributed by atoms with E-state index in [2.05, 4.69) is 5.32 Å². The van der Waals surface area contributed by atoms with Crippen LogP contribution in [0.25, 0.3) is 0 Å². The fourth-order valence-corrected chi connectivity index (χ4v) is 6.37. The molecule has 2 atom stereocenters. The standard InChI is InChI=1S/C22H29N3O5S/c1-15-2-4-19(5-3-15)25-13-17(12-20(25)26)22(28)24-9-6-16(7-10-24)21(27)23-18-8-11-31(29,30)14-18/h2-5,16-18H,6-14H2,1H3,(H,23,27)/t17-,18-/m1/s1. The molecule has 1 N–H and O–H groups in total. The monoisotopic (exact) mass is 447 g/mol. The molecule has 1 aromatic rings. The van der Waals surface area contributed by atoms with Gasteiger partial charge in [0.1, 0.15) is 0 Å². The van der Waals surface area contributed by atoms with Gasteiger partial charge in [-0.2, -0.15) is 0 Å². The van der Waals surface area contributed by atoms with Crippen molar-refractivity contribution < 1.29 is 22.8 Å². The van der Waals surface area contributed by atoms with Crippen LogP contribution in [-0.4, -0.2) is 68.2 Å². The zero-order valence-corrected chi connectivity index (χ0v) is 18.6. The van der Waals surface area contributed by atoms with Crippen LogP contribution in [0.1, 0.15) is 31.2 Å². The molecule has 8 nitrogen and oxygen atoms in total. The van der Waals surface area contributed by atoms with Crippen molar-refractivity contribution >= 4 is 33.2 Å². The van der Waals surface area contributed by atoms with Gasteiger partial charge in [0.25, 0.3) is 0 Å². The molecule has 0 aliphatic carbocycles. The Hall–Kier alpha value is -2.42. The van der Waals surface area contributed by atoms with Gasteiger partial charge >= 0.3 is 0 Å². The summed E-state index contributed by atoms with van der Waals surface area (Å²) in [5, 5.41) is 2.86. The zero-order valence-electron chi connectivity index (χ0n) is 17.7. The fraction of sp³-hybridized carbons (Fsp3) is 0.591. The van der Waals surface area contributed by atoms with E-state index in [9.17, 15) is 22.8 Å². The molecule has 168 valence electrons. The fourth-order valence-electron chi connectivity index (χ4n) is 4.70. The van der Waals surface area contributed by atoms with Crippen LogP contribution in [0.2, 0.25) is 0 Å². The first kappa shape index (κ1) is 21.8. The normalized spacial score (nSPS) is 26.3. The molecule has 3 fully saturated rings. The average molecular weight is 448 g/mol. The molecule has 0 radical (unpaired) electrons. The summed E-state index contributed by atoms with van der Waals surface area (Å²) in [6, 6.07) is 7.41. The number of piperidine rings is 1. The Labute approximate surface area is 182 Å². The van der Waals surface area contributed by atoms with Crippen molar-refractivity contribution in [2.45, 2.75) is 38.6 Å². The van der Waals surface area contributed by atoms with Crippen LogP contribution in [0.15, 0.2) is 24.3 Å². The maximum atomic E-state index is 13.0. The van der Waals surface area contributed by atoms with Crippen LogP contribution in [0.4, 0.5) is 5.69 Å². The highest BCUT2D eigenvalue weighted by Gasteiger charge is 2.39. The van der Waals surface area contributed by atoms with E-state index in [4.69, 9.17) is 0 Å². The Morgan fingerprint density at radius 3 is 2.32 bits per heavy atom. The van der Waals surface area contributed by atoms with Gasteiger partial charge in [-0.1, -0.05) is 17.7 Å². The van der Waals surface area contributed by atoms with Crippen molar-refractivity contribution in [3.05, 3.63) is 29.8 Å². The Morgan fingerprint density at radius 1 is 1.03 bits per heavy atom. The quantitative estimate of drug-likeness (QED) is 0.738. The predicted molar refractivity (Wildman–Crippen MR) is 116 cm³/mol. The number of anilines is 1. The zero-order chi connectivity index (χ0) is 22.2. The number of benzene rings is 1. The number of rotatable bonds is 4. The maximum Gasteiger partial charge on any atom is 0.228 e. The Morgan fingerprint density at radius 2 is 1.71 bits per heavy atom. The van der Waals surface area contributed by atoms with Gasteiger partial charge in [-0.25, -0.2) is 8.42 Å². The minimum absolute atomic E-state index is 0.0171. The number of sulfone groups is 1. The van der Waals surface area contributed by atoms with Crippen LogP contribution in [-0.2, 0) is 24.2 Å². The van der Waals surface area contributed by atoms with Crippen molar-refractivity contribution in [3.63, 3.8) is 0 Å². The van der Waals surface area contributed by atoms with Gasteiger partial charge < -0.3 is 15.1 Å². The summed E-state index contributed by atoms with van der Waals surface area (Å²) in [5.74, 6) is -0.597. The summed E-state index contributed by atoms with van der Waals surface area (Å²) in [4.78, 5) is 41.4. The van der Waals surface area contributed by atoms with Gasteiger partial charge in [-0.05, 0) is 38.3 Å². The van der Waals surface area contributed by atoms with E-state index in [-0.39, 0.29) is 53.5 Å². The van der Waals surface area contributed by atoms with Gasteiger partial charge in [-0.3, -0.25) is 14.4 Å². The second-order valence-electron chi connectivity index (χ2n) is 8.95. The molecule has 0 aromatic heterocycles. The topological polar surface area (TPSA) is 104 Å². The van der Waals surface area contributed by atoms with Gasteiger partial charge in [0.05, 0.1) is 17.4 Å². The van der Waals surface area contributed by atoms with Crippen LogP contribution in [0.3, 0.4) is 0 Å². The van der Waals surface area contributed by atoms with Crippen molar-refractivity contribution in [1.82, 2.24) is 10.2 Å². The number of nitrogens with one attached hydrogen (secondary N) is 1. The second-order valence-corrected chi connectivity index (χ2v) is 11.2. The Kier molecular flexibility index (Phi) is 6.05. The lowest BCUT2D eigenvalue weighted by Gasteiger charge is -2.33. The largest absolute Gasteiger partial charge is 0.352 e. The summed E-state index contributed by atoms with van der Waals surface area (Å²) in [6.07, 6.45) is 1.79. The lowest BCUT2D eigenvalue weighted by molar-refractivity contribution is -0.139. The number of hydrogen-bond acceptors (Lipinski definition) is 5. The molecule has 0 saturated carbocycles. The summed E-state index contributed by atoms with van der Waals surface area (Å²) in [6.45, 7) is 3.34. The molecule has 4 rings (SSSR count). The van der Waals surface area contributed by atoms with E-state index >= 15 is 0 Å². The van der Waals surface area contributed by atoms with Crippen molar-refractivity contribution in [3.8, 4) is 0 Å². The maximum absolute atomic E-state index is 13.0. The molecule has 3 heterocycles. The lowest BCUT2D eigenvalue weighted by Crippen LogP contribution is -2.47. The highest BCUT2D eigenvalue weighted by Crippen LogP contribution is 2.28. The van der Waals surface area contributed by atoms with Gasteiger partial charge in [-0.15, -0.1) is 0 Å². The van der Waals surface area contributed by atoms with E-state index in [1.165, 1.54) is 0 Å². The van der Waals surface area contributed by atoms with Crippen LogP contribution in [0, 0.1) is 18.8 Å². The second kappa shape index (κ2) is 8.61. The number of hydrogen-bond donors (Lipinski definition) is 1. The molecule has 1 aromatic carbocycles. The van der Waals surface area contributed by atoms with Gasteiger partial charge in [0.2, 0.25) is 17.7 Å². The summed E-state index contributed by atoms with van der Waals surface area (Å²) in [7, 11) is -3.03. The smallest absolute Gasteiger partial charge is 0.228 e. The van der Waals surface area contributed by atoms with Crippen molar-refractivity contribution in [2.75, 3.05) is 36.0 Å². The molecule has 0 bridgehead atoms. The number of aryl methyl sites for hydroxylation is 1. The highest BCUT2D eigenvalue weighted by molar-refractivity contribution is 7.91. The van der Waals surface area contributed by atoms with Crippen LogP contribution in [0.5, 0.6) is 0 Å². The Balaban J connectivity index is 1.28. The summed E-state index contributed by atoms with van der Waals surface area (Å²) >= 11 is 0. The lowest BCUT2D eigenvalue weighted by atomic mass is 9.94. The highest BCUT2D eigenvalue weighted by atomic mass is 32.2. The van der Waals surface area contributed by atoms with Gasteiger partial charge in [0, 0.05) is 43.7 Å². The summed E-state index contributed by atoms with van der Waals surface area (Å²) in [5.41, 5.74) is 1.93. The van der Waals surface area contributed by atoms with E-state index in [1.807, 2.05) is 31.2 Å². The predicted octanol–water partition coefficient (Wildman–Crippen LogP) is 0.890. The molecule has 31 heavy (non-hydrogen) atoms. The number of likely N-dealkylation sites (tertiary alicyclic amines) is 1. The summed E-state index contributed by atoms with van der Waals surface area (Å²) < 4.78 is 23.1. The van der Waals surface area contributed by atoms with Gasteiger partial charge in [0.15, 0.2) is 9.84 Å². The number of carbonyl (C=O) groups is 3. The molecule has 3 aliphatic heterocycles. The third-order valence-electron chi connectivity index (χ3n) is 6.58. The number of nitrogens with zero attached hydrogens (tertiary/aromatic N) is 2. The number of amides is 3. The molecular formula is C22H29N3O5S. The van der Waals surface area contributed by atoms with Crippen molar-refractivity contribution in [1.29, 1.82) is 0 Å². The van der Waals surface area contributed by atoms with E-state index in [1.54, 1.807) is 9.80 Å². The minimum Gasteiger partial charge on any atom is -0.352 e. The SMILES string of the molecule is Cc1ccc(N2C[C@H](C(=O)N3CCC(C(=O)N[C@@H]4CCS(=O)(=O)C4)CC3)CC2=O)cc1. The first-order chi connectivity index (χ1) is 14.7. The molecule has 0 unspecified atom stereocenters. The minimum atomic E-state index is -3.03. The third kappa shape index (κ3) is 4.92. The number of carbonyl (C=O) groups excluding carboxylic acids is 3. The first-order valence-electron chi connectivity index (χ1n) is 10.9. The van der Waals surface area contributed by atoms with E-state index < -0.39 is 9.84 Å². The van der Waals surface area contributed by atoms with Crippen LogP contribution < -0.4 is 10.2 Å². The molecule has 3 amide bonds. The average Bonchev–Trinajstić information content (AvgIpc) is 3.29.